The number of methoxy groups -OCH3 is 1. The van der Waals surface area contributed by atoms with Crippen LogP contribution in [0.25, 0.3) is 0 Å². The number of rotatable bonds is 6. The molecule has 0 amide bonds. The van der Waals surface area contributed by atoms with Crippen LogP contribution in [0.3, 0.4) is 0 Å². The number of esters is 2. The Morgan fingerprint density at radius 2 is 2.16 bits per heavy atom. The standard InChI is InChI=1S/C11H14N2O5S/c1-3-18-10(16)6-19-11-12-7(4-8(14)13-11)5-9(15)17-2/h4H,3,5-6H2,1-2H3,(H,12,13,14). The van der Waals surface area contributed by atoms with Gasteiger partial charge in [0.05, 0.1) is 31.6 Å². The summed E-state index contributed by atoms with van der Waals surface area (Å²) >= 11 is 1.04. The lowest BCUT2D eigenvalue weighted by molar-refractivity contribution is -0.140. The maximum atomic E-state index is 11.4. The number of nitrogens with zero attached hydrogens (tertiary/aromatic N) is 1. The maximum absolute atomic E-state index is 11.4. The molecule has 1 aromatic heterocycles. The molecular weight excluding hydrogens is 272 g/mol. The highest BCUT2D eigenvalue weighted by Gasteiger charge is 2.09. The number of nitrogens with one attached hydrogen (secondary N) is 1. The zero-order valence-corrected chi connectivity index (χ0v) is 11.4. The van der Waals surface area contributed by atoms with E-state index in [0.717, 1.165) is 11.8 Å². The van der Waals surface area contributed by atoms with E-state index in [1.165, 1.54) is 13.2 Å². The van der Waals surface area contributed by atoms with Gasteiger partial charge in [-0.3, -0.25) is 14.4 Å². The largest absolute Gasteiger partial charge is 0.469 e. The Balaban J connectivity index is 2.71. The van der Waals surface area contributed by atoms with Crippen molar-refractivity contribution in [3.63, 3.8) is 0 Å². The minimum Gasteiger partial charge on any atom is -0.469 e. The Morgan fingerprint density at radius 3 is 2.79 bits per heavy atom. The number of thioether (sulfide) groups is 1. The van der Waals surface area contributed by atoms with Crippen LogP contribution in [-0.4, -0.2) is 41.4 Å². The third-order valence-electron chi connectivity index (χ3n) is 1.96. The molecule has 8 heteroatoms. The molecule has 104 valence electrons. The molecule has 0 radical (unpaired) electrons. The van der Waals surface area contributed by atoms with Gasteiger partial charge in [0.25, 0.3) is 5.56 Å². The maximum Gasteiger partial charge on any atom is 0.316 e. The number of carbonyl (C=O) groups excluding carboxylic acids is 2. The average molecular weight is 286 g/mol. The molecule has 0 aliphatic rings. The van der Waals surface area contributed by atoms with E-state index >= 15 is 0 Å². The zero-order chi connectivity index (χ0) is 14.3. The van der Waals surface area contributed by atoms with Gasteiger partial charge in [0, 0.05) is 6.07 Å². The monoisotopic (exact) mass is 286 g/mol. The summed E-state index contributed by atoms with van der Waals surface area (Å²) in [6.45, 7) is 2.01. The molecule has 0 aliphatic heterocycles. The van der Waals surface area contributed by atoms with Crippen molar-refractivity contribution in [3.8, 4) is 0 Å². The highest BCUT2D eigenvalue weighted by Crippen LogP contribution is 2.11. The lowest BCUT2D eigenvalue weighted by Gasteiger charge is -2.03. The molecule has 0 spiro atoms. The normalized spacial score (nSPS) is 10.0. The van der Waals surface area contributed by atoms with Gasteiger partial charge in [0.15, 0.2) is 5.16 Å². The third-order valence-corrected chi connectivity index (χ3v) is 2.81. The predicted molar refractivity (Wildman–Crippen MR) is 67.9 cm³/mol. The van der Waals surface area contributed by atoms with Crippen LogP contribution < -0.4 is 5.56 Å². The van der Waals surface area contributed by atoms with Gasteiger partial charge in [0.1, 0.15) is 0 Å². The number of aromatic nitrogens is 2. The van der Waals surface area contributed by atoms with E-state index in [-0.39, 0.29) is 22.9 Å². The van der Waals surface area contributed by atoms with E-state index in [1.54, 1.807) is 6.92 Å². The van der Waals surface area contributed by atoms with E-state index in [0.29, 0.717) is 12.3 Å². The second-order valence-corrected chi connectivity index (χ2v) is 4.35. The van der Waals surface area contributed by atoms with E-state index < -0.39 is 11.9 Å². The average Bonchev–Trinajstić information content (AvgIpc) is 2.36. The molecule has 0 aliphatic carbocycles. The first-order valence-corrected chi connectivity index (χ1v) is 6.49. The van der Waals surface area contributed by atoms with Gasteiger partial charge < -0.3 is 14.5 Å². The number of aromatic amines is 1. The fourth-order valence-corrected chi connectivity index (χ4v) is 1.88. The summed E-state index contributed by atoms with van der Waals surface area (Å²) in [6, 6.07) is 1.21. The van der Waals surface area contributed by atoms with Crippen LogP contribution in [-0.2, 0) is 25.5 Å². The summed E-state index contributed by atoms with van der Waals surface area (Å²) in [5, 5.41) is 0.263. The number of hydrogen-bond donors (Lipinski definition) is 1. The molecule has 0 saturated carbocycles. The number of ether oxygens (including phenoxy) is 2. The number of hydrogen-bond acceptors (Lipinski definition) is 7. The molecule has 19 heavy (non-hydrogen) atoms. The van der Waals surface area contributed by atoms with Crippen LogP contribution in [0.4, 0.5) is 0 Å². The van der Waals surface area contributed by atoms with Gasteiger partial charge in [-0.25, -0.2) is 4.98 Å². The Labute approximate surface area is 113 Å². The lowest BCUT2D eigenvalue weighted by atomic mass is 10.3. The molecule has 0 saturated heterocycles. The first kappa shape index (κ1) is 15.2. The highest BCUT2D eigenvalue weighted by molar-refractivity contribution is 7.99. The van der Waals surface area contributed by atoms with Gasteiger partial charge in [-0.1, -0.05) is 11.8 Å². The van der Waals surface area contributed by atoms with Crippen molar-refractivity contribution in [2.45, 2.75) is 18.5 Å². The van der Waals surface area contributed by atoms with Crippen molar-refractivity contribution in [1.29, 1.82) is 0 Å². The van der Waals surface area contributed by atoms with Gasteiger partial charge >= 0.3 is 11.9 Å². The summed E-state index contributed by atoms with van der Waals surface area (Å²) in [6.07, 6.45) is -0.0899. The molecular formula is C11H14N2O5S. The SMILES string of the molecule is CCOC(=O)CSc1nc(CC(=O)OC)cc(=O)[nH]1. The van der Waals surface area contributed by atoms with Crippen molar-refractivity contribution in [2.24, 2.45) is 0 Å². The van der Waals surface area contributed by atoms with Crippen molar-refractivity contribution in [1.82, 2.24) is 9.97 Å². The van der Waals surface area contributed by atoms with Crippen molar-refractivity contribution in [3.05, 3.63) is 22.1 Å². The quantitative estimate of drug-likeness (QED) is 0.451. The lowest BCUT2D eigenvalue weighted by Crippen LogP contribution is -2.15. The third kappa shape index (κ3) is 5.56. The fraction of sp³-hybridized carbons (Fsp3) is 0.455. The molecule has 0 atom stereocenters. The van der Waals surface area contributed by atoms with Crippen LogP contribution in [0.15, 0.2) is 16.0 Å². The number of H-pyrrole nitrogens is 1. The van der Waals surface area contributed by atoms with Crippen LogP contribution >= 0.6 is 11.8 Å². The van der Waals surface area contributed by atoms with Gasteiger partial charge in [0.2, 0.25) is 0 Å². The van der Waals surface area contributed by atoms with Crippen molar-refractivity contribution < 1.29 is 19.1 Å². The molecule has 1 rings (SSSR count). The van der Waals surface area contributed by atoms with Crippen LogP contribution in [0.5, 0.6) is 0 Å². The first-order chi connectivity index (χ1) is 9.05. The second-order valence-electron chi connectivity index (χ2n) is 3.39. The highest BCUT2D eigenvalue weighted by atomic mass is 32.2. The first-order valence-electron chi connectivity index (χ1n) is 5.50. The van der Waals surface area contributed by atoms with Crippen LogP contribution in [0.1, 0.15) is 12.6 Å². The molecule has 1 heterocycles. The summed E-state index contributed by atoms with van der Waals surface area (Å²) in [7, 11) is 1.26. The molecule has 1 aromatic rings. The minimum absolute atomic E-state index is 0.0401. The summed E-state index contributed by atoms with van der Waals surface area (Å²) in [4.78, 5) is 40.2. The molecule has 0 bridgehead atoms. The Morgan fingerprint density at radius 1 is 1.42 bits per heavy atom. The fourth-order valence-electron chi connectivity index (χ4n) is 1.19. The van der Waals surface area contributed by atoms with Crippen LogP contribution in [0.2, 0.25) is 0 Å². The zero-order valence-electron chi connectivity index (χ0n) is 10.6. The van der Waals surface area contributed by atoms with E-state index in [1.807, 2.05) is 0 Å². The molecule has 0 unspecified atom stereocenters. The second kappa shape index (κ2) is 7.57. The molecule has 0 fully saturated rings. The Bertz CT molecular complexity index is 514. The summed E-state index contributed by atoms with van der Waals surface area (Å²) < 4.78 is 9.24. The molecule has 7 nitrogen and oxygen atoms in total. The molecule has 0 aromatic carbocycles. The van der Waals surface area contributed by atoms with Gasteiger partial charge in [-0.2, -0.15) is 0 Å². The van der Waals surface area contributed by atoms with Crippen LogP contribution in [0, 0.1) is 0 Å². The number of carbonyl (C=O) groups is 2. The predicted octanol–water partition coefficient (Wildman–Crippen LogP) is 0.141. The van der Waals surface area contributed by atoms with Crippen molar-refractivity contribution in [2.75, 3.05) is 19.5 Å². The van der Waals surface area contributed by atoms with Gasteiger partial charge in [-0.15, -0.1) is 0 Å². The van der Waals surface area contributed by atoms with E-state index in [2.05, 4.69) is 14.7 Å². The smallest absolute Gasteiger partial charge is 0.316 e. The van der Waals surface area contributed by atoms with E-state index in [9.17, 15) is 14.4 Å². The topological polar surface area (TPSA) is 98.3 Å². The van der Waals surface area contributed by atoms with Gasteiger partial charge in [-0.05, 0) is 6.92 Å². The summed E-state index contributed by atoms with van der Waals surface area (Å²) in [5.74, 6) is -0.841. The Kier molecular flexibility index (Phi) is 6.07. The minimum atomic E-state index is -0.487. The summed E-state index contributed by atoms with van der Waals surface area (Å²) in [5.41, 5.74) is -0.0952. The van der Waals surface area contributed by atoms with E-state index in [4.69, 9.17) is 4.74 Å². The molecule has 1 N–H and O–H groups in total. The van der Waals surface area contributed by atoms with Crippen molar-refractivity contribution >= 4 is 23.7 Å². The Hall–Kier alpha value is -1.83.